The maximum atomic E-state index is 13.0. The zero-order chi connectivity index (χ0) is 23.6. The normalized spacial score (nSPS) is 14.4. The summed E-state index contributed by atoms with van der Waals surface area (Å²) in [6, 6.07) is 21.6. The second kappa shape index (κ2) is 9.00. The van der Waals surface area contributed by atoms with Gasteiger partial charge in [0.1, 0.15) is 0 Å². The SMILES string of the molecule is CC(C)(C)c1ccc(NC(=O)Nc2ccc3c(c2)CN(S(=O)(=O)c2ccccc2)CC3)cc1. The lowest BCUT2D eigenvalue weighted by molar-refractivity contribution is 0.262. The average molecular weight is 464 g/mol. The third-order valence-electron chi connectivity index (χ3n) is 5.83. The van der Waals surface area contributed by atoms with Gasteiger partial charge < -0.3 is 10.6 Å². The van der Waals surface area contributed by atoms with Crippen LogP contribution in [0.5, 0.6) is 0 Å². The van der Waals surface area contributed by atoms with Gasteiger partial charge in [0.05, 0.1) is 4.90 Å². The number of benzene rings is 3. The molecular weight excluding hydrogens is 434 g/mol. The first-order chi connectivity index (χ1) is 15.6. The quantitative estimate of drug-likeness (QED) is 0.546. The molecular formula is C26H29N3O3S. The summed E-state index contributed by atoms with van der Waals surface area (Å²) in [5, 5.41) is 5.70. The van der Waals surface area contributed by atoms with Gasteiger partial charge in [0, 0.05) is 24.5 Å². The van der Waals surface area contributed by atoms with E-state index in [2.05, 4.69) is 31.4 Å². The van der Waals surface area contributed by atoms with E-state index < -0.39 is 10.0 Å². The van der Waals surface area contributed by atoms with Crippen LogP contribution in [0.3, 0.4) is 0 Å². The summed E-state index contributed by atoms with van der Waals surface area (Å²) < 4.78 is 27.5. The lowest BCUT2D eigenvalue weighted by Gasteiger charge is -2.28. The minimum atomic E-state index is -3.56. The summed E-state index contributed by atoms with van der Waals surface area (Å²) in [4.78, 5) is 12.8. The third-order valence-corrected chi connectivity index (χ3v) is 7.69. The van der Waals surface area contributed by atoms with Gasteiger partial charge in [-0.15, -0.1) is 0 Å². The number of hydrogen-bond acceptors (Lipinski definition) is 3. The fraction of sp³-hybridized carbons (Fsp3) is 0.269. The van der Waals surface area contributed by atoms with Gasteiger partial charge in [-0.1, -0.05) is 57.2 Å². The molecule has 3 aromatic rings. The van der Waals surface area contributed by atoms with Gasteiger partial charge in [-0.05, 0) is 64.9 Å². The number of nitrogens with one attached hydrogen (secondary N) is 2. The molecule has 4 rings (SSSR count). The molecule has 0 aliphatic carbocycles. The molecule has 0 unspecified atom stereocenters. The van der Waals surface area contributed by atoms with Crippen molar-refractivity contribution in [2.24, 2.45) is 0 Å². The Balaban J connectivity index is 1.44. The molecule has 7 heteroatoms. The van der Waals surface area contributed by atoms with E-state index in [4.69, 9.17) is 0 Å². The van der Waals surface area contributed by atoms with Gasteiger partial charge in [-0.25, -0.2) is 13.2 Å². The van der Waals surface area contributed by atoms with Crippen LogP contribution in [-0.2, 0) is 28.4 Å². The van der Waals surface area contributed by atoms with Crippen LogP contribution in [0.4, 0.5) is 16.2 Å². The van der Waals surface area contributed by atoms with Crippen molar-refractivity contribution in [2.45, 2.75) is 44.0 Å². The maximum Gasteiger partial charge on any atom is 0.323 e. The number of urea groups is 1. The fourth-order valence-electron chi connectivity index (χ4n) is 3.90. The van der Waals surface area contributed by atoms with Gasteiger partial charge >= 0.3 is 6.03 Å². The van der Waals surface area contributed by atoms with Gasteiger partial charge in [-0.2, -0.15) is 4.31 Å². The Hall–Kier alpha value is -3.16. The van der Waals surface area contributed by atoms with E-state index in [1.54, 1.807) is 30.3 Å². The molecule has 0 saturated heterocycles. The summed E-state index contributed by atoms with van der Waals surface area (Å²) in [7, 11) is -3.56. The van der Waals surface area contributed by atoms with Crippen LogP contribution in [0.1, 0.15) is 37.5 Å². The van der Waals surface area contributed by atoms with E-state index in [9.17, 15) is 13.2 Å². The zero-order valence-corrected chi connectivity index (χ0v) is 19.9. The van der Waals surface area contributed by atoms with Gasteiger partial charge in [0.2, 0.25) is 10.0 Å². The largest absolute Gasteiger partial charge is 0.323 e. The smallest absolute Gasteiger partial charge is 0.308 e. The minimum absolute atomic E-state index is 0.0474. The molecule has 3 aromatic carbocycles. The Labute approximate surface area is 195 Å². The Morgan fingerprint density at radius 3 is 2.15 bits per heavy atom. The average Bonchev–Trinajstić information content (AvgIpc) is 2.79. The second-order valence-electron chi connectivity index (χ2n) is 9.29. The molecule has 0 fully saturated rings. The number of fused-ring (bicyclic) bond motifs is 1. The number of hydrogen-bond donors (Lipinski definition) is 2. The topological polar surface area (TPSA) is 78.5 Å². The maximum absolute atomic E-state index is 13.0. The molecule has 0 atom stereocenters. The molecule has 0 radical (unpaired) electrons. The molecule has 0 aromatic heterocycles. The van der Waals surface area contributed by atoms with Crippen molar-refractivity contribution in [2.75, 3.05) is 17.2 Å². The van der Waals surface area contributed by atoms with Crippen molar-refractivity contribution in [3.05, 3.63) is 89.5 Å². The number of rotatable bonds is 4. The Morgan fingerprint density at radius 2 is 1.48 bits per heavy atom. The summed E-state index contributed by atoms with van der Waals surface area (Å²) in [6.07, 6.45) is 0.633. The molecule has 0 bridgehead atoms. The van der Waals surface area contributed by atoms with Crippen molar-refractivity contribution in [3.63, 3.8) is 0 Å². The highest BCUT2D eigenvalue weighted by Crippen LogP contribution is 2.27. The monoisotopic (exact) mass is 463 g/mol. The van der Waals surface area contributed by atoms with E-state index in [1.807, 2.05) is 42.5 Å². The molecule has 6 nitrogen and oxygen atoms in total. The molecule has 33 heavy (non-hydrogen) atoms. The summed E-state index contributed by atoms with van der Waals surface area (Å²) >= 11 is 0. The molecule has 172 valence electrons. The summed E-state index contributed by atoms with van der Waals surface area (Å²) in [6.45, 7) is 7.14. The Kier molecular flexibility index (Phi) is 6.28. The number of amides is 2. The highest BCUT2D eigenvalue weighted by Gasteiger charge is 2.28. The first kappa shape index (κ1) is 23.0. The fourth-order valence-corrected chi connectivity index (χ4v) is 5.34. The van der Waals surface area contributed by atoms with Crippen molar-refractivity contribution >= 4 is 27.4 Å². The molecule has 2 amide bonds. The van der Waals surface area contributed by atoms with Gasteiger partial charge in [0.15, 0.2) is 0 Å². The molecule has 0 spiro atoms. The van der Waals surface area contributed by atoms with Crippen LogP contribution < -0.4 is 10.6 Å². The van der Waals surface area contributed by atoms with Crippen LogP contribution in [0, 0.1) is 0 Å². The van der Waals surface area contributed by atoms with E-state index in [1.165, 1.54) is 9.87 Å². The van der Waals surface area contributed by atoms with Crippen LogP contribution >= 0.6 is 0 Å². The molecule has 1 aliphatic rings. The van der Waals surface area contributed by atoms with Crippen molar-refractivity contribution in [3.8, 4) is 0 Å². The minimum Gasteiger partial charge on any atom is -0.308 e. The number of carbonyl (C=O) groups excluding carboxylic acids is 1. The number of carbonyl (C=O) groups is 1. The second-order valence-corrected chi connectivity index (χ2v) is 11.2. The van der Waals surface area contributed by atoms with Crippen molar-refractivity contribution < 1.29 is 13.2 Å². The Bertz CT molecular complexity index is 1250. The summed E-state index contributed by atoms with van der Waals surface area (Å²) in [5.41, 5.74) is 4.56. The lowest BCUT2D eigenvalue weighted by atomic mass is 9.87. The predicted octanol–water partition coefficient (Wildman–Crippen LogP) is 5.38. The van der Waals surface area contributed by atoms with E-state index in [0.717, 1.165) is 11.1 Å². The van der Waals surface area contributed by atoms with Crippen molar-refractivity contribution in [1.82, 2.24) is 4.31 Å². The molecule has 1 heterocycles. The van der Waals surface area contributed by atoms with Crippen LogP contribution in [0.2, 0.25) is 0 Å². The zero-order valence-electron chi connectivity index (χ0n) is 19.1. The van der Waals surface area contributed by atoms with Gasteiger partial charge in [-0.3, -0.25) is 0 Å². The van der Waals surface area contributed by atoms with Crippen LogP contribution in [0.25, 0.3) is 0 Å². The number of anilines is 2. The standard InChI is InChI=1S/C26H29N3O3S/c1-26(2,3)21-10-13-22(14-11-21)27-25(30)28-23-12-9-19-15-16-29(18-20(19)17-23)33(31,32)24-7-5-4-6-8-24/h4-14,17H,15-16,18H2,1-3H3,(H2,27,28,30). The van der Waals surface area contributed by atoms with Crippen molar-refractivity contribution in [1.29, 1.82) is 0 Å². The molecule has 0 saturated carbocycles. The van der Waals surface area contributed by atoms with Gasteiger partial charge in [0.25, 0.3) is 0 Å². The van der Waals surface area contributed by atoms with Crippen LogP contribution in [-0.4, -0.2) is 25.3 Å². The first-order valence-electron chi connectivity index (χ1n) is 11.0. The first-order valence-corrected chi connectivity index (χ1v) is 12.4. The van der Waals surface area contributed by atoms with E-state index in [-0.39, 0.29) is 18.0 Å². The number of nitrogens with zero attached hydrogens (tertiary/aromatic N) is 1. The molecule has 1 aliphatic heterocycles. The summed E-state index contributed by atoms with van der Waals surface area (Å²) in [5.74, 6) is 0. The van der Waals surface area contributed by atoms with E-state index in [0.29, 0.717) is 29.2 Å². The van der Waals surface area contributed by atoms with Crippen LogP contribution in [0.15, 0.2) is 77.7 Å². The predicted molar refractivity (Wildman–Crippen MR) is 132 cm³/mol. The molecule has 2 N–H and O–H groups in total. The van der Waals surface area contributed by atoms with E-state index >= 15 is 0 Å². The Morgan fingerprint density at radius 1 is 0.848 bits per heavy atom. The third kappa shape index (κ3) is 5.26. The highest BCUT2D eigenvalue weighted by atomic mass is 32.2. The highest BCUT2D eigenvalue weighted by molar-refractivity contribution is 7.89. The number of sulfonamides is 1. The lowest BCUT2D eigenvalue weighted by Crippen LogP contribution is -2.36.